The van der Waals surface area contributed by atoms with Crippen molar-refractivity contribution in [3.63, 3.8) is 0 Å². The van der Waals surface area contributed by atoms with Gasteiger partial charge in [0.25, 0.3) is 0 Å². The zero-order valence-corrected chi connectivity index (χ0v) is 13.8. The van der Waals surface area contributed by atoms with Crippen molar-refractivity contribution in [3.8, 4) is 0 Å². The van der Waals surface area contributed by atoms with Gasteiger partial charge in [0.2, 0.25) is 0 Å². The van der Waals surface area contributed by atoms with Crippen LogP contribution < -0.4 is 5.32 Å². The Morgan fingerprint density at radius 3 is 2.63 bits per heavy atom. The Morgan fingerprint density at radius 2 is 2.11 bits per heavy atom. The molecular formula is C14H21N3S2. The molecule has 0 aliphatic heterocycles. The van der Waals surface area contributed by atoms with Crippen LogP contribution in [0.25, 0.3) is 0 Å². The lowest BCUT2D eigenvalue weighted by Crippen LogP contribution is -2.18. The van der Waals surface area contributed by atoms with Crippen molar-refractivity contribution in [2.45, 2.75) is 52.6 Å². The van der Waals surface area contributed by atoms with Crippen LogP contribution in [0.15, 0.2) is 11.6 Å². The summed E-state index contributed by atoms with van der Waals surface area (Å²) in [5.74, 6) is 0. The van der Waals surface area contributed by atoms with Crippen LogP contribution in [0.5, 0.6) is 0 Å². The van der Waals surface area contributed by atoms with E-state index < -0.39 is 0 Å². The summed E-state index contributed by atoms with van der Waals surface area (Å²) in [6, 6.07) is 0.276. The lowest BCUT2D eigenvalue weighted by atomic mass is 9.98. The molecule has 0 radical (unpaired) electrons. The van der Waals surface area contributed by atoms with E-state index in [-0.39, 0.29) is 11.5 Å². The Labute approximate surface area is 123 Å². The molecular weight excluding hydrogens is 274 g/mol. The van der Waals surface area contributed by atoms with Crippen molar-refractivity contribution in [2.24, 2.45) is 0 Å². The van der Waals surface area contributed by atoms with Crippen LogP contribution >= 0.6 is 22.7 Å². The monoisotopic (exact) mass is 295 g/mol. The topological polar surface area (TPSA) is 37.8 Å². The predicted molar refractivity (Wildman–Crippen MR) is 82.9 cm³/mol. The van der Waals surface area contributed by atoms with Crippen molar-refractivity contribution in [1.29, 1.82) is 0 Å². The fourth-order valence-corrected chi connectivity index (χ4v) is 3.36. The van der Waals surface area contributed by atoms with E-state index in [0.29, 0.717) is 0 Å². The number of hydrogen-bond donors (Lipinski definition) is 1. The van der Waals surface area contributed by atoms with E-state index in [9.17, 15) is 0 Å². The number of thiazole rings is 2. The minimum Gasteiger partial charge on any atom is -0.302 e. The van der Waals surface area contributed by atoms with Crippen LogP contribution in [0.4, 0.5) is 0 Å². The third-order valence-corrected chi connectivity index (χ3v) is 5.20. The molecule has 2 aromatic rings. The first-order valence-corrected chi connectivity index (χ1v) is 8.16. The molecule has 0 saturated carbocycles. The molecule has 1 atom stereocenters. The number of aromatic nitrogens is 2. The predicted octanol–water partition coefficient (Wildman–Crippen LogP) is 4.06. The zero-order valence-electron chi connectivity index (χ0n) is 12.2. The van der Waals surface area contributed by atoms with Gasteiger partial charge in [0, 0.05) is 28.4 Å². The van der Waals surface area contributed by atoms with Crippen molar-refractivity contribution in [2.75, 3.05) is 0 Å². The Morgan fingerprint density at radius 1 is 1.37 bits per heavy atom. The second-order valence-corrected chi connectivity index (χ2v) is 7.93. The SMILES string of the molecule is Cc1cnc(C(C)NCc2csc(C(C)(C)C)n2)s1. The molecule has 19 heavy (non-hydrogen) atoms. The number of rotatable bonds is 4. The van der Waals surface area contributed by atoms with Gasteiger partial charge in [-0.3, -0.25) is 0 Å². The molecule has 0 aromatic carbocycles. The molecule has 5 heteroatoms. The first-order valence-electron chi connectivity index (χ1n) is 6.47. The molecule has 104 valence electrons. The Hall–Kier alpha value is -0.780. The highest BCUT2D eigenvalue weighted by Crippen LogP contribution is 2.26. The third kappa shape index (κ3) is 3.84. The van der Waals surface area contributed by atoms with E-state index in [4.69, 9.17) is 4.98 Å². The molecule has 2 rings (SSSR count). The van der Waals surface area contributed by atoms with Crippen molar-refractivity contribution in [3.05, 3.63) is 32.2 Å². The lowest BCUT2D eigenvalue weighted by Gasteiger charge is -2.14. The lowest BCUT2D eigenvalue weighted by molar-refractivity contribution is 0.555. The summed E-state index contributed by atoms with van der Waals surface area (Å²) in [6.07, 6.45) is 1.93. The van der Waals surface area contributed by atoms with Gasteiger partial charge in [0.05, 0.1) is 16.7 Å². The van der Waals surface area contributed by atoms with Gasteiger partial charge < -0.3 is 5.32 Å². The van der Waals surface area contributed by atoms with Gasteiger partial charge in [-0.25, -0.2) is 9.97 Å². The summed E-state index contributed by atoms with van der Waals surface area (Å²) in [5.41, 5.74) is 1.26. The maximum absolute atomic E-state index is 4.69. The fourth-order valence-electron chi connectivity index (χ4n) is 1.65. The Bertz CT molecular complexity index is 537. The van der Waals surface area contributed by atoms with Crippen LogP contribution in [-0.4, -0.2) is 9.97 Å². The molecule has 3 nitrogen and oxygen atoms in total. The second-order valence-electron chi connectivity index (χ2n) is 5.81. The van der Waals surface area contributed by atoms with Gasteiger partial charge in [-0.15, -0.1) is 22.7 Å². The molecule has 2 aromatic heterocycles. The number of aryl methyl sites for hydroxylation is 1. The van der Waals surface area contributed by atoms with E-state index in [0.717, 1.165) is 17.2 Å². The normalized spacial score (nSPS) is 13.7. The molecule has 0 aliphatic carbocycles. The van der Waals surface area contributed by atoms with E-state index in [2.05, 4.69) is 50.3 Å². The highest BCUT2D eigenvalue weighted by molar-refractivity contribution is 7.11. The minimum atomic E-state index is 0.140. The van der Waals surface area contributed by atoms with Crippen LogP contribution in [0.3, 0.4) is 0 Å². The highest BCUT2D eigenvalue weighted by atomic mass is 32.1. The van der Waals surface area contributed by atoms with Gasteiger partial charge in [0.1, 0.15) is 5.01 Å². The van der Waals surface area contributed by atoms with Crippen LogP contribution in [0.1, 0.15) is 54.3 Å². The highest BCUT2D eigenvalue weighted by Gasteiger charge is 2.18. The average Bonchev–Trinajstić information content (AvgIpc) is 2.93. The third-order valence-electron chi connectivity index (χ3n) is 2.79. The second kappa shape index (κ2) is 5.69. The van der Waals surface area contributed by atoms with E-state index in [1.807, 2.05) is 6.20 Å². The minimum absolute atomic E-state index is 0.140. The standard InChI is InChI=1S/C14H21N3S2/c1-9-6-16-12(19-9)10(2)15-7-11-8-18-13(17-11)14(3,4)5/h6,8,10,15H,7H2,1-5H3. The van der Waals surface area contributed by atoms with Gasteiger partial charge in [-0.05, 0) is 13.8 Å². The van der Waals surface area contributed by atoms with Crippen molar-refractivity contribution in [1.82, 2.24) is 15.3 Å². The molecule has 0 amide bonds. The summed E-state index contributed by atoms with van der Waals surface area (Å²) in [4.78, 5) is 10.4. The molecule has 0 spiro atoms. The summed E-state index contributed by atoms with van der Waals surface area (Å²) >= 11 is 3.49. The molecule has 2 heterocycles. The Balaban J connectivity index is 1.94. The van der Waals surface area contributed by atoms with Crippen LogP contribution in [-0.2, 0) is 12.0 Å². The maximum Gasteiger partial charge on any atom is 0.109 e. The summed E-state index contributed by atoms with van der Waals surface area (Å²) in [5, 5.41) is 7.97. The average molecular weight is 295 g/mol. The maximum atomic E-state index is 4.69. The summed E-state index contributed by atoms with van der Waals surface area (Å²) in [7, 11) is 0. The fraction of sp³-hybridized carbons (Fsp3) is 0.571. The van der Waals surface area contributed by atoms with Gasteiger partial charge in [-0.2, -0.15) is 0 Å². The van der Waals surface area contributed by atoms with Crippen molar-refractivity contribution < 1.29 is 0 Å². The molecule has 0 bridgehead atoms. The number of nitrogens with zero attached hydrogens (tertiary/aromatic N) is 2. The summed E-state index contributed by atoms with van der Waals surface area (Å²) < 4.78 is 0. The first-order chi connectivity index (χ1) is 8.86. The van der Waals surface area contributed by atoms with Crippen molar-refractivity contribution >= 4 is 22.7 Å². The van der Waals surface area contributed by atoms with E-state index >= 15 is 0 Å². The molecule has 0 aliphatic rings. The quantitative estimate of drug-likeness (QED) is 0.924. The zero-order chi connectivity index (χ0) is 14.0. The first kappa shape index (κ1) is 14.6. The molecule has 0 fully saturated rings. The van der Waals surface area contributed by atoms with Crippen LogP contribution in [0.2, 0.25) is 0 Å². The van der Waals surface area contributed by atoms with E-state index in [1.54, 1.807) is 22.7 Å². The largest absolute Gasteiger partial charge is 0.302 e. The number of hydrogen-bond acceptors (Lipinski definition) is 5. The smallest absolute Gasteiger partial charge is 0.109 e. The van der Waals surface area contributed by atoms with Crippen LogP contribution in [0, 0.1) is 6.92 Å². The van der Waals surface area contributed by atoms with Gasteiger partial charge >= 0.3 is 0 Å². The summed E-state index contributed by atoms with van der Waals surface area (Å²) in [6.45, 7) is 11.6. The van der Waals surface area contributed by atoms with Gasteiger partial charge in [0.15, 0.2) is 0 Å². The number of nitrogens with one attached hydrogen (secondary N) is 1. The van der Waals surface area contributed by atoms with Gasteiger partial charge in [-0.1, -0.05) is 20.8 Å². The van der Waals surface area contributed by atoms with E-state index in [1.165, 1.54) is 9.88 Å². The molecule has 1 unspecified atom stereocenters. The Kier molecular flexibility index (Phi) is 4.38. The molecule has 1 N–H and O–H groups in total. The molecule has 0 saturated heterocycles.